The van der Waals surface area contributed by atoms with Gasteiger partial charge in [0.05, 0.1) is 0 Å². The van der Waals surface area contributed by atoms with Crippen molar-refractivity contribution in [3.05, 3.63) is 12.2 Å². The minimum absolute atomic E-state index is 0.151. The van der Waals surface area contributed by atoms with Crippen LogP contribution in [0.25, 0.3) is 0 Å². The van der Waals surface area contributed by atoms with Crippen LogP contribution in [0.15, 0.2) is 12.2 Å². The molecule has 2 N–H and O–H groups in total. The Morgan fingerprint density at radius 3 is 2.41 bits per heavy atom. The van der Waals surface area contributed by atoms with Gasteiger partial charge in [-0.1, -0.05) is 44.8 Å². The van der Waals surface area contributed by atoms with E-state index in [9.17, 15) is 4.79 Å². The third-order valence-electron chi connectivity index (χ3n) is 3.85. The monoisotopic (exact) mass is 312 g/mol. The van der Waals surface area contributed by atoms with E-state index < -0.39 is 0 Å². The SMILES string of the molecule is C/C=C/CCC(=O)NCCN(CC)CCCCCCCCO. The minimum atomic E-state index is 0.151. The Hall–Kier alpha value is -0.870. The van der Waals surface area contributed by atoms with E-state index in [1.165, 1.54) is 25.7 Å². The van der Waals surface area contributed by atoms with Crippen LogP contribution in [0, 0.1) is 0 Å². The number of aliphatic hydroxyl groups is 1. The van der Waals surface area contributed by atoms with Gasteiger partial charge in [0.1, 0.15) is 0 Å². The Morgan fingerprint density at radius 2 is 1.77 bits per heavy atom. The van der Waals surface area contributed by atoms with E-state index in [0.717, 1.165) is 45.4 Å². The van der Waals surface area contributed by atoms with Crippen LogP contribution in [-0.4, -0.2) is 48.7 Å². The van der Waals surface area contributed by atoms with Crippen LogP contribution in [0.4, 0.5) is 0 Å². The van der Waals surface area contributed by atoms with E-state index in [1.807, 2.05) is 19.1 Å². The molecule has 22 heavy (non-hydrogen) atoms. The van der Waals surface area contributed by atoms with Gasteiger partial charge in [0, 0.05) is 26.1 Å². The molecule has 0 fully saturated rings. The molecular formula is C18H36N2O2. The first-order valence-corrected chi connectivity index (χ1v) is 8.95. The second-order valence-corrected chi connectivity index (χ2v) is 5.74. The molecule has 0 radical (unpaired) electrons. The number of carbonyl (C=O) groups is 1. The number of hydrogen-bond donors (Lipinski definition) is 2. The molecule has 0 saturated heterocycles. The van der Waals surface area contributed by atoms with Crippen molar-refractivity contribution in [1.82, 2.24) is 10.2 Å². The number of allylic oxidation sites excluding steroid dienone is 2. The van der Waals surface area contributed by atoms with Crippen molar-refractivity contribution in [2.75, 3.05) is 32.8 Å². The van der Waals surface area contributed by atoms with Crippen molar-refractivity contribution < 1.29 is 9.90 Å². The number of unbranched alkanes of at least 4 members (excludes halogenated alkanes) is 5. The van der Waals surface area contributed by atoms with Crippen molar-refractivity contribution >= 4 is 5.91 Å². The van der Waals surface area contributed by atoms with E-state index in [2.05, 4.69) is 17.1 Å². The normalized spacial score (nSPS) is 11.5. The maximum Gasteiger partial charge on any atom is 0.220 e. The topological polar surface area (TPSA) is 52.6 Å². The molecule has 0 rings (SSSR count). The highest BCUT2D eigenvalue weighted by atomic mass is 16.2. The molecule has 0 aromatic carbocycles. The molecule has 0 aromatic heterocycles. The Labute approximate surface area is 137 Å². The lowest BCUT2D eigenvalue weighted by Gasteiger charge is -2.20. The van der Waals surface area contributed by atoms with Crippen LogP contribution in [-0.2, 0) is 4.79 Å². The zero-order chi connectivity index (χ0) is 16.5. The van der Waals surface area contributed by atoms with Gasteiger partial charge in [0.15, 0.2) is 0 Å². The zero-order valence-electron chi connectivity index (χ0n) is 14.6. The van der Waals surface area contributed by atoms with Gasteiger partial charge in [-0.3, -0.25) is 4.79 Å². The molecule has 4 nitrogen and oxygen atoms in total. The number of carbonyl (C=O) groups excluding carboxylic acids is 1. The summed E-state index contributed by atoms with van der Waals surface area (Å²) < 4.78 is 0. The predicted octanol–water partition coefficient (Wildman–Crippen LogP) is 3.11. The van der Waals surface area contributed by atoms with Gasteiger partial charge in [-0.2, -0.15) is 0 Å². The molecule has 1 amide bonds. The van der Waals surface area contributed by atoms with E-state index in [4.69, 9.17) is 5.11 Å². The van der Waals surface area contributed by atoms with Crippen molar-refractivity contribution in [3.8, 4) is 0 Å². The Bertz CT molecular complexity index is 280. The Balaban J connectivity index is 3.52. The van der Waals surface area contributed by atoms with Gasteiger partial charge in [-0.15, -0.1) is 0 Å². The second kappa shape index (κ2) is 16.5. The first-order chi connectivity index (χ1) is 10.7. The predicted molar refractivity (Wildman–Crippen MR) is 94.0 cm³/mol. The van der Waals surface area contributed by atoms with Crippen LogP contribution >= 0.6 is 0 Å². The molecular weight excluding hydrogens is 276 g/mol. The average Bonchev–Trinajstić information content (AvgIpc) is 2.52. The zero-order valence-corrected chi connectivity index (χ0v) is 14.6. The summed E-state index contributed by atoms with van der Waals surface area (Å²) in [4.78, 5) is 14.0. The molecule has 0 unspecified atom stereocenters. The lowest BCUT2D eigenvalue weighted by Crippen LogP contribution is -2.35. The van der Waals surface area contributed by atoms with Gasteiger partial charge in [-0.25, -0.2) is 0 Å². The number of amides is 1. The quantitative estimate of drug-likeness (QED) is 0.361. The average molecular weight is 312 g/mol. The lowest BCUT2D eigenvalue weighted by atomic mass is 10.1. The molecule has 0 heterocycles. The van der Waals surface area contributed by atoms with E-state index in [0.29, 0.717) is 13.0 Å². The number of aliphatic hydroxyl groups excluding tert-OH is 1. The largest absolute Gasteiger partial charge is 0.396 e. The van der Waals surface area contributed by atoms with Gasteiger partial charge < -0.3 is 15.3 Å². The third kappa shape index (κ3) is 14.1. The molecule has 0 atom stereocenters. The minimum Gasteiger partial charge on any atom is -0.396 e. The van der Waals surface area contributed by atoms with E-state index in [1.54, 1.807) is 0 Å². The first kappa shape index (κ1) is 21.1. The number of hydrogen-bond acceptors (Lipinski definition) is 3. The fourth-order valence-corrected chi connectivity index (χ4v) is 2.41. The summed E-state index contributed by atoms with van der Waals surface area (Å²) in [6.45, 7) is 8.32. The summed E-state index contributed by atoms with van der Waals surface area (Å²) in [5, 5.41) is 11.7. The van der Waals surface area contributed by atoms with Crippen molar-refractivity contribution in [2.45, 2.75) is 65.2 Å². The second-order valence-electron chi connectivity index (χ2n) is 5.74. The molecule has 130 valence electrons. The molecule has 0 saturated carbocycles. The summed E-state index contributed by atoms with van der Waals surface area (Å²) in [5.41, 5.74) is 0. The first-order valence-electron chi connectivity index (χ1n) is 8.95. The standard InChI is InChI=1S/C18H36N2O2/c1-3-5-10-13-18(22)19-14-16-20(4-2)15-11-8-6-7-9-12-17-21/h3,5,21H,4,6-17H2,1-2H3,(H,19,22)/b5-3+. The molecule has 0 bridgehead atoms. The number of rotatable bonds is 15. The highest BCUT2D eigenvalue weighted by Gasteiger charge is 2.04. The number of nitrogens with zero attached hydrogens (tertiary/aromatic N) is 1. The van der Waals surface area contributed by atoms with Crippen LogP contribution in [0.5, 0.6) is 0 Å². The number of likely N-dealkylation sites (N-methyl/N-ethyl adjacent to an activating group) is 1. The molecule has 4 heteroatoms. The van der Waals surface area contributed by atoms with Gasteiger partial charge in [-0.05, 0) is 39.3 Å². The summed E-state index contributed by atoms with van der Waals surface area (Å²) in [5.74, 6) is 0.151. The highest BCUT2D eigenvalue weighted by Crippen LogP contribution is 2.05. The Morgan fingerprint density at radius 1 is 1.09 bits per heavy atom. The van der Waals surface area contributed by atoms with Crippen molar-refractivity contribution in [1.29, 1.82) is 0 Å². The van der Waals surface area contributed by atoms with Crippen molar-refractivity contribution in [3.63, 3.8) is 0 Å². The summed E-state index contributed by atoms with van der Waals surface area (Å²) >= 11 is 0. The van der Waals surface area contributed by atoms with E-state index in [-0.39, 0.29) is 5.91 Å². The van der Waals surface area contributed by atoms with Gasteiger partial charge in [0.25, 0.3) is 0 Å². The maximum absolute atomic E-state index is 11.6. The summed E-state index contributed by atoms with van der Waals surface area (Å²) in [6, 6.07) is 0. The molecule has 0 spiro atoms. The van der Waals surface area contributed by atoms with E-state index >= 15 is 0 Å². The lowest BCUT2D eigenvalue weighted by molar-refractivity contribution is -0.121. The third-order valence-corrected chi connectivity index (χ3v) is 3.85. The van der Waals surface area contributed by atoms with Crippen LogP contribution < -0.4 is 5.32 Å². The molecule has 0 aliphatic carbocycles. The fourth-order valence-electron chi connectivity index (χ4n) is 2.41. The number of nitrogens with one attached hydrogen (secondary N) is 1. The smallest absolute Gasteiger partial charge is 0.220 e. The fraction of sp³-hybridized carbons (Fsp3) is 0.833. The van der Waals surface area contributed by atoms with Crippen LogP contribution in [0.3, 0.4) is 0 Å². The van der Waals surface area contributed by atoms with Crippen molar-refractivity contribution in [2.24, 2.45) is 0 Å². The summed E-state index contributed by atoms with van der Waals surface area (Å²) in [6.07, 6.45) is 12.5. The van der Waals surface area contributed by atoms with Crippen LogP contribution in [0.2, 0.25) is 0 Å². The molecule has 0 aromatic rings. The van der Waals surface area contributed by atoms with Gasteiger partial charge in [0.2, 0.25) is 5.91 Å². The Kier molecular flexibility index (Phi) is 15.8. The van der Waals surface area contributed by atoms with Crippen LogP contribution in [0.1, 0.15) is 65.2 Å². The summed E-state index contributed by atoms with van der Waals surface area (Å²) in [7, 11) is 0. The van der Waals surface area contributed by atoms with Gasteiger partial charge >= 0.3 is 0 Å². The highest BCUT2D eigenvalue weighted by molar-refractivity contribution is 5.75. The molecule has 0 aliphatic rings. The maximum atomic E-state index is 11.6. The molecule has 0 aliphatic heterocycles.